The molecular weight excluding hydrogens is 366 g/mol. The highest BCUT2D eigenvalue weighted by molar-refractivity contribution is 6.08. The summed E-state index contributed by atoms with van der Waals surface area (Å²) in [4.78, 5) is 24.7. The van der Waals surface area contributed by atoms with Gasteiger partial charge in [0.15, 0.2) is 17.3 Å². The third-order valence-electron chi connectivity index (χ3n) is 4.53. The molecule has 144 valence electrons. The molecule has 0 radical (unpaired) electrons. The maximum Gasteiger partial charge on any atom is 0.255 e. The first-order valence-corrected chi connectivity index (χ1v) is 9.19. The highest BCUT2D eigenvalue weighted by Crippen LogP contribution is 2.32. The van der Waals surface area contributed by atoms with Crippen LogP contribution < -0.4 is 14.8 Å². The van der Waals surface area contributed by atoms with Gasteiger partial charge >= 0.3 is 0 Å². The SMILES string of the molecule is Cc1cccc(C(=O)Nc2ccc(C(=O)C=Cc3ccc4c(c3)OCO4)cc2)c1. The monoisotopic (exact) mass is 385 g/mol. The molecule has 0 atom stereocenters. The second kappa shape index (κ2) is 8.02. The Bertz CT molecular complexity index is 1100. The summed E-state index contributed by atoms with van der Waals surface area (Å²) < 4.78 is 10.6. The van der Waals surface area contributed by atoms with Gasteiger partial charge in [0.1, 0.15) is 0 Å². The van der Waals surface area contributed by atoms with E-state index in [2.05, 4.69) is 5.32 Å². The van der Waals surface area contributed by atoms with E-state index in [4.69, 9.17) is 9.47 Å². The van der Waals surface area contributed by atoms with Crippen LogP contribution in [0.4, 0.5) is 5.69 Å². The molecular formula is C24H19NO4. The van der Waals surface area contributed by atoms with Crippen molar-refractivity contribution in [2.75, 3.05) is 12.1 Å². The molecule has 1 aliphatic heterocycles. The van der Waals surface area contributed by atoms with Gasteiger partial charge in [-0.25, -0.2) is 0 Å². The molecule has 0 aliphatic carbocycles. The van der Waals surface area contributed by atoms with Crippen LogP contribution in [-0.2, 0) is 0 Å². The number of hydrogen-bond acceptors (Lipinski definition) is 4. The molecule has 0 fully saturated rings. The molecule has 0 aromatic heterocycles. The molecule has 0 saturated heterocycles. The number of anilines is 1. The van der Waals surface area contributed by atoms with E-state index in [0.717, 1.165) is 11.1 Å². The van der Waals surface area contributed by atoms with Gasteiger partial charge in [0.2, 0.25) is 6.79 Å². The molecule has 4 rings (SSSR count). The number of hydrogen-bond donors (Lipinski definition) is 1. The van der Waals surface area contributed by atoms with Gasteiger partial charge in [-0.05, 0) is 67.1 Å². The standard InChI is InChI=1S/C24H19NO4/c1-16-3-2-4-19(13-16)24(27)25-20-9-7-18(8-10-20)21(26)11-5-17-6-12-22-23(14-17)29-15-28-22/h2-14H,15H2,1H3,(H,25,27). The van der Waals surface area contributed by atoms with Crippen LogP contribution in [0, 0.1) is 6.92 Å². The van der Waals surface area contributed by atoms with Crippen molar-refractivity contribution in [2.24, 2.45) is 0 Å². The van der Waals surface area contributed by atoms with Crippen molar-refractivity contribution in [1.82, 2.24) is 0 Å². The molecule has 3 aromatic rings. The Morgan fingerprint density at radius 2 is 1.69 bits per heavy atom. The van der Waals surface area contributed by atoms with Crippen molar-refractivity contribution in [3.8, 4) is 11.5 Å². The van der Waals surface area contributed by atoms with Crippen LogP contribution in [0.3, 0.4) is 0 Å². The lowest BCUT2D eigenvalue weighted by molar-refractivity contribution is 0.102. The lowest BCUT2D eigenvalue weighted by atomic mass is 10.1. The van der Waals surface area contributed by atoms with Gasteiger partial charge < -0.3 is 14.8 Å². The zero-order valence-corrected chi connectivity index (χ0v) is 15.8. The van der Waals surface area contributed by atoms with Crippen LogP contribution in [-0.4, -0.2) is 18.5 Å². The van der Waals surface area contributed by atoms with Crippen molar-refractivity contribution in [3.05, 3.63) is 95.1 Å². The first kappa shape index (κ1) is 18.5. The lowest BCUT2D eigenvalue weighted by Crippen LogP contribution is -2.12. The molecule has 1 N–H and O–H groups in total. The first-order valence-electron chi connectivity index (χ1n) is 9.19. The van der Waals surface area contributed by atoms with Gasteiger partial charge in [0.05, 0.1) is 0 Å². The van der Waals surface area contributed by atoms with Crippen molar-refractivity contribution < 1.29 is 19.1 Å². The average Bonchev–Trinajstić information content (AvgIpc) is 3.20. The number of ketones is 1. The number of carbonyl (C=O) groups is 2. The molecule has 1 heterocycles. The van der Waals surface area contributed by atoms with Gasteiger partial charge in [-0.2, -0.15) is 0 Å². The van der Waals surface area contributed by atoms with Crippen molar-refractivity contribution >= 4 is 23.5 Å². The van der Waals surface area contributed by atoms with E-state index in [-0.39, 0.29) is 18.5 Å². The molecule has 0 spiro atoms. The van der Waals surface area contributed by atoms with Crippen LogP contribution in [0.25, 0.3) is 6.08 Å². The third-order valence-corrected chi connectivity index (χ3v) is 4.53. The number of nitrogens with one attached hydrogen (secondary N) is 1. The fourth-order valence-electron chi connectivity index (χ4n) is 2.99. The van der Waals surface area contributed by atoms with Crippen LogP contribution in [0.15, 0.2) is 72.8 Å². The highest BCUT2D eigenvalue weighted by atomic mass is 16.7. The summed E-state index contributed by atoms with van der Waals surface area (Å²) in [5.41, 5.74) is 3.64. The number of carbonyl (C=O) groups excluding carboxylic acids is 2. The Labute approximate surface area is 168 Å². The van der Waals surface area contributed by atoms with Gasteiger partial charge in [-0.1, -0.05) is 29.8 Å². The van der Waals surface area contributed by atoms with E-state index in [9.17, 15) is 9.59 Å². The largest absolute Gasteiger partial charge is 0.454 e. The molecule has 0 bridgehead atoms. The molecule has 1 aliphatic rings. The number of aryl methyl sites for hydroxylation is 1. The maximum absolute atomic E-state index is 12.4. The van der Waals surface area contributed by atoms with Gasteiger partial charge in [-0.15, -0.1) is 0 Å². The predicted molar refractivity (Wildman–Crippen MR) is 112 cm³/mol. The first-order chi connectivity index (χ1) is 14.1. The third kappa shape index (κ3) is 4.35. The summed E-state index contributed by atoms with van der Waals surface area (Å²) in [5, 5.41) is 2.84. The van der Waals surface area contributed by atoms with E-state index in [1.165, 1.54) is 6.08 Å². The highest BCUT2D eigenvalue weighted by Gasteiger charge is 2.12. The van der Waals surface area contributed by atoms with E-state index < -0.39 is 0 Å². The number of amides is 1. The van der Waals surface area contributed by atoms with E-state index in [1.54, 1.807) is 36.4 Å². The van der Waals surface area contributed by atoms with Crippen LogP contribution >= 0.6 is 0 Å². The predicted octanol–water partition coefficient (Wildman–Crippen LogP) is 4.87. The molecule has 5 nitrogen and oxygen atoms in total. The van der Waals surface area contributed by atoms with E-state index in [1.807, 2.05) is 43.3 Å². The molecule has 5 heteroatoms. The number of benzene rings is 3. The average molecular weight is 385 g/mol. The molecule has 1 amide bonds. The Hall–Kier alpha value is -3.86. The minimum atomic E-state index is -0.185. The van der Waals surface area contributed by atoms with Crippen molar-refractivity contribution in [2.45, 2.75) is 6.92 Å². The van der Waals surface area contributed by atoms with Crippen LogP contribution in [0.5, 0.6) is 11.5 Å². The second-order valence-electron chi connectivity index (χ2n) is 6.71. The van der Waals surface area contributed by atoms with Gasteiger partial charge in [0, 0.05) is 16.8 Å². The number of allylic oxidation sites excluding steroid dienone is 1. The zero-order valence-electron chi connectivity index (χ0n) is 15.8. The van der Waals surface area contributed by atoms with Crippen LogP contribution in [0.1, 0.15) is 31.8 Å². The number of fused-ring (bicyclic) bond motifs is 1. The van der Waals surface area contributed by atoms with Crippen LogP contribution in [0.2, 0.25) is 0 Å². The molecule has 0 unspecified atom stereocenters. The summed E-state index contributed by atoms with van der Waals surface area (Å²) in [6.07, 6.45) is 3.25. The molecule has 0 saturated carbocycles. The zero-order chi connectivity index (χ0) is 20.2. The second-order valence-corrected chi connectivity index (χ2v) is 6.71. The summed E-state index contributed by atoms with van der Waals surface area (Å²) in [5.74, 6) is 1.07. The smallest absolute Gasteiger partial charge is 0.255 e. The van der Waals surface area contributed by atoms with E-state index in [0.29, 0.717) is 28.3 Å². The number of ether oxygens (including phenoxy) is 2. The van der Waals surface area contributed by atoms with Crippen molar-refractivity contribution in [3.63, 3.8) is 0 Å². The Morgan fingerprint density at radius 1 is 0.897 bits per heavy atom. The van der Waals surface area contributed by atoms with Gasteiger partial charge in [0.25, 0.3) is 5.91 Å². The minimum Gasteiger partial charge on any atom is -0.454 e. The molecule has 3 aromatic carbocycles. The van der Waals surface area contributed by atoms with Crippen molar-refractivity contribution in [1.29, 1.82) is 0 Å². The fraction of sp³-hybridized carbons (Fsp3) is 0.0833. The normalized spacial score (nSPS) is 12.2. The summed E-state index contributed by atoms with van der Waals surface area (Å²) in [6, 6.07) is 19.7. The Morgan fingerprint density at radius 3 is 2.48 bits per heavy atom. The Balaban J connectivity index is 1.40. The minimum absolute atomic E-state index is 0.126. The van der Waals surface area contributed by atoms with E-state index >= 15 is 0 Å². The lowest BCUT2D eigenvalue weighted by Gasteiger charge is -2.06. The summed E-state index contributed by atoms with van der Waals surface area (Å²) >= 11 is 0. The summed E-state index contributed by atoms with van der Waals surface area (Å²) in [7, 11) is 0. The Kier molecular flexibility index (Phi) is 5.12. The quantitative estimate of drug-likeness (QED) is 0.503. The maximum atomic E-state index is 12.4. The fourth-order valence-corrected chi connectivity index (χ4v) is 2.99. The van der Waals surface area contributed by atoms with Gasteiger partial charge in [-0.3, -0.25) is 9.59 Å². The number of rotatable bonds is 5. The summed E-state index contributed by atoms with van der Waals surface area (Å²) in [6.45, 7) is 2.16. The topological polar surface area (TPSA) is 64.6 Å². The molecule has 29 heavy (non-hydrogen) atoms.